The van der Waals surface area contributed by atoms with Crippen LogP contribution in [0.4, 0.5) is 5.82 Å². The average molecular weight is 338 g/mol. The van der Waals surface area contributed by atoms with Gasteiger partial charge in [0.2, 0.25) is 5.91 Å². The van der Waals surface area contributed by atoms with Gasteiger partial charge >= 0.3 is 0 Å². The first-order valence-electron chi connectivity index (χ1n) is 9.48. The topological polar surface area (TPSA) is 59.0 Å². The molecule has 5 heteroatoms. The van der Waals surface area contributed by atoms with Gasteiger partial charge in [-0.25, -0.2) is 4.68 Å². The van der Waals surface area contributed by atoms with E-state index in [1.807, 2.05) is 35.0 Å². The summed E-state index contributed by atoms with van der Waals surface area (Å²) in [5.74, 6) is 1.46. The Balaban J connectivity index is 1.61. The van der Waals surface area contributed by atoms with E-state index in [-0.39, 0.29) is 11.8 Å². The molecule has 2 aliphatic rings. The van der Waals surface area contributed by atoms with Crippen molar-refractivity contribution in [2.75, 3.05) is 18.4 Å². The fraction of sp³-hybridized carbons (Fsp3) is 0.500. The summed E-state index contributed by atoms with van der Waals surface area (Å²) in [5, 5.41) is 11.3. The molecule has 1 unspecified atom stereocenters. The maximum Gasteiger partial charge on any atom is 0.229 e. The van der Waals surface area contributed by atoms with Gasteiger partial charge in [0.15, 0.2) is 0 Å². The number of para-hydroxylation sites is 1. The molecule has 2 aromatic rings. The second-order valence-electron chi connectivity index (χ2n) is 7.22. The van der Waals surface area contributed by atoms with E-state index < -0.39 is 0 Å². The molecule has 2 fully saturated rings. The maximum absolute atomic E-state index is 12.7. The Labute approximate surface area is 148 Å². The van der Waals surface area contributed by atoms with Crippen LogP contribution in [0.1, 0.15) is 50.1 Å². The van der Waals surface area contributed by atoms with E-state index in [2.05, 4.69) is 16.7 Å². The Morgan fingerprint density at radius 3 is 2.64 bits per heavy atom. The zero-order chi connectivity index (χ0) is 17.1. The Morgan fingerprint density at radius 1 is 1.12 bits per heavy atom. The van der Waals surface area contributed by atoms with E-state index in [0.29, 0.717) is 5.92 Å². The molecule has 1 saturated carbocycles. The third-order valence-corrected chi connectivity index (χ3v) is 5.42. The molecule has 25 heavy (non-hydrogen) atoms. The molecular weight excluding hydrogens is 312 g/mol. The molecular formula is C20H26N4O. The van der Waals surface area contributed by atoms with Crippen molar-refractivity contribution in [3.63, 3.8) is 0 Å². The van der Waals surface area contributed by atoms with Gasteiger partial charge in [0.25, 0.3) is 0 Å². The largest absolute Gasteiger partial charge is 0.316 e. The van der Waals surface area contributed by atoms with Crippen LogP contribution in [-0.2, 0) is 4.79 Å². The smallest absolute Gasteiger partial charge is 0.229 e. The fourth-order valence-electron chi connectivity index (χ4n) is 3.98. The predicted octanol–water partition coefficient (Wildman–Crippen LogP) is 3.47. The third kappa shape index (κ3) is 3.61. The molecule has 1 atom stereocenters. The van der Waals surface area contributed by atoms with Crippen LogP contribution in [0.3, 0.4) is 0 Å². The highest BCUT2D eigenvalue weighted by molar-refractivity contribution is 5.92. The lowest BCUT2D eigenvalue weighted by Gasteiger charge is -2.22. The van der Waals surface area contributed by atoms with E-state index in [9.17, 15) is 4.79 Å². The van der Waals surface area contributed by atoms with Gasteiger partial charge in [-0.3, -0.25) is 4.79 Å². The van der Waals surface area contributed by atoms with Crippen molar-refractivity contribution in [3.05, 3.63) is 42.1 Å². The van der Waals surface area contributed by atoms with E-state index >= 15 is 0 Å². The quantitative estimate of drug-likeness (QED) is 0.897. The van der Waals surface area contributed by atoms with Gasteiger partial charge in [-0.15, -0.1) is 0 Å². The molecule has 0 spiro atoms. The minimum Gasteiger partial charge on any atom is -0.316 e. The van der Waals surface area contributed by atoms with Crippen molar-refractivity contribution in [3.8, 4) is 5.69 Å². The first kappa shape index (κ1) is 16.3. The van der Waals surface area contributed by atoms with Crippen molar-refractivity contribution < 1.29 is 4.79 Å². The van der Waals surface area contributed by atoms with Gasteiger partial charge in [0.05, 0.1) is 17.3 Å². The monoisotopic (exact) mass is 338 g/mol. The van der Waals surface area contributed by atoms with Crippen LogP contribution in [0.2, 0.25) is 0 Å². The minimum atomic E-state index is 0.0443. The molecule has 1 amide bonds. The number of rotatable bonds is 4. The summed E-state index contributed by atoms with van der Waals surface area (Å²) in [4.78, 5) is 12.7. The number of amides is 1. The molecule has 2 heterocycles. The highest BCUT2D eigenvalue weighted by atomic mass is 16.2. The summed E-state index contributed by atoms with van der Waals surface area (Å²) in [6, 6.07) is 12.1. The van der Waals surface area contributed by atoms with E-state index in [0.717, 1.165) is 43.1 Å². The molecule has 1 aromatic heterocycles. The molecule has 1 aromatic carbocycles. The van der Waals surface area contributed by atoms with Crippen molar-refractivity contribution >= 4 is 11.7 Å². The molecule has 1 saturated heterocycles. The van der Waals surface area contributed by atoms with Crippen LogP contribution in [0.5, 0.6) is 0 Å². The average Bonchev–Trinajstić information content (AvgIpc) is 3.33. The van der Waals surface area contributed by atoms with Gasteiger partial charge in [-0.05, 0) is 44.4 Å². The van der Waals surface area contributed by atoms with Crippen LogP contribution >= 0.6 is 0 Å². The lowest BCUT2D eigenvalue weighted by Crippen LogP contribution is -2.37. The zero-order valence-electron chi connectivity index (χ0n) is 14.6. The van der Waals surface area contributed by atoms with Gasteiger partial charge in [0, 0.05) is 18.5 Å². The summed E-state index contributed by atoms with van der Waals surface area (Å²) in [7, 11) is 0. The van der Waals surface area contributed by atoms with Crippen LogP contribution in [0.15, 0.2) is 36.4 Å². The number of anilines is 1. The van der Waals surface area contributed by atoms with Crippen molar-refractivity contribution in [1.82, 2.24) is 15.1 Å². The van der Waals surface area contributed by atoms with Crippen LogP contribution in [0, 0.1) is 5.92 Å². The number of carbonyl (C=O) groups is 1. The summed E-state index contributed by atoms with van der Waals surface area (Å²) in [5.41, 5.74) is 2.10. The number of benzene rings is 1. The van der Waals surface area contributed by atoms with Gasteiger partial charge in [-0.2, -0.15) is 5.10 Å². The number of aromatic nitrogens is 2. The highest BCUT2D eigenvalue weighted by Crippen LogP contribution is 2.35. The third-order valence-electron chi connectivity index (χ3n) is 5.42. The molecule has 1 aliphatic carbocycles. The van der Waals surface area contributed by atoms with Crippen molar-refractivity contribution in [1.29, 1.82) is 0 Å². The van der Waals surface area contributed by atoms with Gasteiger partial charge < -0.3 is 10.6 Å². The first-order valence-corrected chi connectivity index (χ1v) is 9.48. The predicted molar refractivity (Wildman–Crippen MR) is 99.0 cm³/mol. The lowest BCUT2D eigenvalue weighted by molar-refractivity contribution is -0.120. The molecule has 5 nitrogen and oxygen atoms in total. The number of nitrogens with one attached hydrogen (secondary N) is 2. The molecule has 0 radical (unpaired) electrons. The SMILES string of the molecule is O=C(Nc1cc(C2CCCC2)nn1-c1ccccc1)C1CCCNC1. The van der Waals surface area contributed by atoms with E-state index in [1.165, 1.54) is 25.7 Å². The van der Waals surface area contributed by atoms with Crippen LogP contribution in [0.25, 0.3) is 5.69 Å². The maximum atomic E-state index is 12.7. The summed E-state index contributed by atoms with van der Waals surface area (Å²) >= 11 is 0. The van der Waals surface area contributed by atoms with E-state index in [1.54, 1.807) is 0 Å². The van der Waals surface area contributed by atoms with Crippen LogP contribution in [-0.4, -0.2) is 28.8 Å². The Hall–Kier alpha value is -2.14. The number of nitrogens with zero attached hydrogens (tertiary/aromatic N) is 2. The zero-order valence-corrected chi connectivity index (χ0v) is 14.6. The van der Waals surface area contributed by atoms with Crippen molar-refractivity contribution in [2.24, 2.45) is 5.92 Å². The Bertz CT molecular complexity index is 713. The number of carbonyl (C=O) groups excluding carboxylic acids is 1. The molecule has 2 N–H and O–H groups in total. The lowest BCUT2D eigenvalue weighted by atomic mass is 9.99. The van der Waals surface area contributed by atoms with Gasteiger partial charge in [0.1, 0.15) is 5.82 Å². The number of hydrogen-bond acceptors (Lipinski definition) is 3. The molecule has 132 valence electrons. The second-order valence-corrected chi connectivity index (χ2v) is 7.22. The minimum absolute atomic E-state index is 0.0443. The van der Waals surface area contributed by atoms with Crippen molar-refractivity contribution in [2.45, 2.75) is 44.4 Å². The number of piperidine rings is 1. The Kier molecular flexibility index (Phi) is 4.83. The van der Waals surface area contributed by atoms with Gasteiger partial charge in [-0.1, -0.05) is 31.0 Å². The summed E-state index contributed by atoms with van der Waals surface area (Å²) < 4.78 is 1.89. The second kappa shape index (κ2) is 7.40. The molecule has 1 aliphatic heterocycles. The standard InChI is InChI=1S/C20H26N4O/c25-20(16-9-6-12-21-14-16)22-19-13-18(15-7-4-5-8-15)23-24(19)17-10-2-1-3-11-17/h1-3,10-11,13,15-16,21H,4-9,12,14H2,(H,22,25). The highest BCUT2D eigenvalue weighted by Gasteiger charge is 2.25. The Morgan fingerprint density at radius 2 is 1.92 bits per heavy atom. The molecule has 0 bridgehead atoms. The summed E-state index contributed by atoms with van der Waals surface area (Å²) in [6.45, 7) is 1.78. The first-order chi connectivity index (χ1) is 12.3. The summed E-state index contributed by atoms with van der Waals surface area (Å²) in [6.07, 6.45) is 6.96. The fourth-order valence-corrected chi connectivity index (χ4v) is 3.98. The normalized spacial score (nSPS) is 21.4. The molecule has 4 rings (SSSR count). The number of hydrogen-bond donors (Lipinski definition) is 2. The van der Waals surface area contributed by atoms with E-state index in [4.69, 9.17) is 5.10 Å². The van der Waals surface area contributed by atoms with Crippen LogP contribution < -0.4 is 10.6 Å².